The highest BCUT2D eigenvalue weighted by atomic mass is 35.5. The summed E-state index contributed by atoms with van der Waals surface area (Å²) in [5.41, 5.74) is 2.55. The Morgan fingerprint density at radius 3 is 2.68 bits per heavy atom. The van der Waals surface area contributed by atoms with E-state index in [1.54, 1.807) is 30.3 Å². The lowest BCUT2D eigenvalue weighted by atomic mass is 10.0. The summed E-state index contributed by atoms with van der Waals surface area (Å²) in [4.78, 5) is 17.3. The first-order chi connectivity index (χ1) is 14.9. The molecule has 0 spiro atoms. The van der Waals surface area contributed by atoms with Gasteiger partial charge < -0.3 is 19.6 Å². The molecule has 3 aromatic rings. The second-order valence-corrected chi connectivity index (χ2v) is 8.21. The minimum absolute atomic E-state index is 0.152. The fourth-order valence-corrected chi connectivity index (χ4v) is 3.91. The van der Waals surface area contributed by atoms with Gasteiger partial charge in [-0.1, -0.05) is 28.9 Å². The molecule has 1 saturated heterocycles. The van der Waals surface area contributed by atoms with Crippen LogP contribution in [0, 0.1) is 5.82 Å². The van der Waals surface area contributed by atoms with Crippen LogP contribution in [0.2, 0.25) is 5.02 Å². The molecule has 0 radical (unpaired) electrons. The topological polar surface area (TPSA) is 61.6 Å². The zero-order valence-corrected chi connectivity index (χ0v) is 18.2. The van der Waals surface area contributed by atoms with E-state index in [1.165, 1.54) is 12.1 Å². The van der Waals surface area contributed by atoms with Crippen molar-refractivity contribution in [2.75, 3.05) is 38.1 Å². The molecular formula is C23H24ClFN4O2. The largest absolute Gasteiger partial charge is 0.369 e. The number of hydrogen-bond acceptors (Lipinski definition) is 5. The average molecular weight is 443 g/mol. The molecule has 1 atom stereocenters. The van der Waals surface area contributed by atoms with Gasteiger partial charge in [0.2, 0.25) is 0 Å². The number of likely N-dealkylation sites (N-methyl/N-ethyl adjacent to an activating group) is 1. The Labute approximate surface area is 185 Å². The summed E-state index contributed by atoms with van der Waals surface area (Å²) in [6.45, 7) is 5.40. The molecule has 1 N–H and O–H groups in total. The van der Waals surface area contributed by atoms with Crippen molar-refractivity contribution in [3.05, 3.63) is 70.6 Å². The Morgan fingerprint density at radius 2 is 1.94 bits per heavy atom. The van der Waals surface area contributed by atoms with Crippen LogP contribution >= 0.6 is 11.6 Å². The van der Waals surface area contributed by atoms with Crippen molar-refractivity contribution in [2.24, 2.45) is 0 Å². The van der Waals surface area contributed by atoms with Crippen molar-refractivity contribution >= 4 is 23.2 Å². The molecule has 0 bridgehead atoms. The first-order valence-corrected chi connectivity index (χ1v) is 10.5. The van der Waals surface area contributed by atoms with Gasteiger partial charge in [-0.05, 0) is 44.3 Å². The number of halogens is 2. The van der Waals surface area contributed by atoms with Crippen molar-refractivity contribution in [2.45, 2.75) is 13.0 Å². The maximum atomic E-state index is 14.0. The van der Waals surface area contributed by atoms with Crippen LogP contribution in [0.3, 0.4) is 0 Å². The Kier molecular flexibility index (Phi) is 6.25. The quantitative estimate of drug-likeness (QED) is 0.635. The van der Waals surface area contributed by atoms with Gasteiger partial charge in [0.05, 0.1) is 6.04 Å². The number of carbonyl (C=O) groups excluding carboxylic acids is 1. The van der Waals surface area contributed by atoms with Gasteiger partial charge in [0, 0.05) is 54.1 Å². The van der Waals surface area contributed by atoms with Crippen molar-refractivity contribution in [1.82, 2.24) is 15.4 Å². The van der Waals surface area contributed by atoms with E-state index in [0.717, 1.165) is 43.0 Å². The van der Waals surface area contributed by atoms with E-state index in [2.05, 4.69) is 27.3 Å². The number of hydrogen-bond donors (Lipinski definition) is 1. The zero-order chi connectivity index (χ0) is 22.0. The molecule has 1 aliphatic heterocycles. The molecular weight excluding hydrogens is 419 g/mol. The molecule has 0 saturated carbocycles. The zero-order valence-electron chi connectivity index (χ0n) is 17.4. The van der Waals surface area contributed by atoms with Crippen LogP contribution in [-0.2, 0) is 0 Å². The molecule has 1 unspecified atom stereocenters. The summed E-state index contributed by atoms with van der Waals surface area (Å²) in [5, 5.41) is 7.37. The summed E-state index contributed by atoms with van der Waals surface area (Å²) in [7, 11) is 2.08. The molecule has 0 aliphatic carbocycles. The molecule has 4 rings (SSSR count). The van der Waals surface area contributed by atoms with E-state index in [1.807, 2.05) is 13.0 Å². The van der Waals surface area contributed by atoms with Crippen LogP contribution in [0.1, 0.15) is 29.0 Å². The van der Waals surface area contributed by atoms with Crippen LogP contribution in [0.5, 0.6) is 0 Å². The number of nitrogens with zero attached hydrogens (tertiary/aromatic N) is 3. The van der Waals surface area contributed by atoms with Crippen LogP contribution in [0.4, 0.5) is 10.1 Å². The lowest BCUT2D eigenvalue weighted by molar-refractivity contribution is 0.0931. The average Bonchev–Trinajstić information content (AvgIpc) is 3.25. The van der Waals surface area contributed by atoms with E-state index in [0.29, 0.717) is 10.8 Å². The normalized spacial score (nSPS) is 15.7. The predicted molar refractivity (Wildman–Crippen MR) is 119 cm³/mol. The van der Waals surface area contributed by atoms with Gasteiger partial charge >= 0.3 is 0 Å². The number of anilines is 1. The van der Waals surface area contributed by atoms with Crippen molar-refractivity contribution in [3.8, 4) is 11.3 Å². The van der Waals surface area contributed by atoms with Crippen LogP contribution in [0.15, 0.2) is 53.1 Å². The van der Waals surface area contributed by atoms with E-state index in [-0.39, 0.29) is 11.5 Å². The van der Waals surface area contributed by atoms with Gasteiger partial charge in [0.25, 0.3) is 5.91 Å². The van der Waals surface area contributed by atoms with Crippen molar-refractivity contribution < 1.29 is 13.7 Å². The lowest BCUT2D eigenvalue weighted by Crippen LogP contribution is -2.45. The fraction of sp³-hybridized carbons (Fsp3) is 0.304. The lowest BCUT2D eigenvalue weighted by Gasteiger charge is -2.36. The third-order valence-electron chi connectivity index (χ3n) is 5.50. The minimum atomic E-state index is -0.413. The SMILES string of the molecule is CC(NC(=O)c1cc(-c2cccc(Cl)c2)on1)c1cc(F)ccc1N1CCN(C)CC1. The summed E-state index contributed by atoms with van der Waals surface area (Å²) in [6, 6.07) is 13.0. The highest BCUT2D eigenvalue weighted by Gasteiger charge is 2.22. The number of rotatable bonds is 5. The fourth-order valence-electron chi connectivity index (χ4n) is 3.72. The summed E-state index contributed by atoms with van der Waals surface area (Å²) < 4.78 is 19.4. The number of aromatic nitrogens is 1. The molecule has 1 fully saturated rings. The van der Waals surface area contributed by atoms with Crippen molar-refractivity contribution in [3.63, 3.8) is 0 Å². The Morgan fingerprint density at radius 1 is 1.16 bits per heavy atom. The maximum absolute atomic E-state index is 14.0. The second kappa shape index (κ2) is 9.08. The predicted octanol–water partition coefficient (Wildman–Crippen LogP) is 4.38. The third-order valence-corrected chi connectivity index (χ3v) is 5.73. The number of amides is 1. The van der Waals surface area contributed by atoms with Gasteiger partial charge in [-0.15, -0.1) is 0 Å². The molecule has 2 heterocycles. The summed E-state index contributed by atoms with van der Waals surface area (Å²) in [5.74, 6) is -0.277. The van der Waals surface area contributed by atoms with Gasteiger partial charge in [0.1, 0.15) is 5.82 Å². The molecule has 162 valence electrons. The molecule has 31 heavy (non-hydrogen) atoms. The van der Waals surface area contributed by atoms with Crippen LogP contribution < -0.4 is 10.2 Å². The van der Waals surface area contributed by atoms with Crippen LogP contribution in [0.25, 0.3) is 11.3 Å². The third kappa shape index (κ3) is 4.89. The standard InChI is InChI=1S/C23H24ClFN4O2/c1-15(19-13-18(25)6-7-21(19)29-10-8-28(2)9-11-29)26-23(30)20-14-22(31-27-20)16-4-3-5-17(24)12-16/h3-7,12-15H,8-11H2,1-2H3,(H,26,30). The first-order valence-electron chi connectivity index (χ1n) is 10.2. The number of piperazine rings is 1. The number of carbonyl (C=O) groups is 1. The van der Waals surface area contributed by atoms with E-state index in [4.69, 9.17) is 16.1 Å². The first kappa shape index (κ1) is 21.3. The van der Waals surface area contributed by atoms with E-state index >= 15 is 0 Å². The van der Waals surface area contributed by atoms with Gasteiger partial charge in [-0.2, -0.15) is 0 Å². The van der Waals surface area contributed by atoms with Crippen molar-refractivity contribution in [1.29, 1.82) is 0 Å². The minimum Gasteiger partial charge on any atom is -0.369 e. The molecule has 2 aromatic carbocycles. The molecule has 1 aliphatic rings. The van der Waals surface area contributed by atoms with Gasteiger partial charge in [-0.3, -0.25) is 4.79 Å². The van der Waals surface area contributed by atoms with Gasteiger partial charge in [0.15, 0.2) is 11.5 Å². The monoisotopic (exact) mass is 442 g/mol. The highest BCUT2D eigenvalue weighted by molar-refractivity contribution is 6.30. The Bertz CT molecular complexity index is 1080. The smallest absolute Gasteiger partial charge is 0.273 e. The van der Waals surface area contributed by atoms with Gasteiger partial charge in [-0.25, -0.2) is 4.39 Å². The molecule has 6 nitrogen and oxygen atoms in total. The summed E-state index contributed by atoms with van der Waals surface area (Å²) >= 11 is 6.02. The number of nitrogens with one attached hydrogen (secondary N) is 1. The molecule has 8 heteroatoms. The maximum Gasteiger partial charge on any atom is 0.273 e. The molecule has 1 amide bonds. The highest BCUT2D eigenvalue weighted by Crippen LogP contribution is 2.29. The Balaban J connectivity index is 1.51. The Hall–Kier alpha value is -2.90. The van der Waals surface area contributed by atoms with Crippen LogP contribution in [-0.4, -0.2) is 49.2 Å². The van der Waals surface area contributed by atoms with E-state index in [9.17, 15) is 9.18 Å². The van der Waals surface area contributed by atoms with E-state index < -0.39 is 11.9 Å². The molecule has 1 aromatic heterocycles. The second-order valence-electron chi connectivity index (χ2n) is 7.78. The number of benzene rings is 2. The summed E-state index contributed by atoms with van der Waals surface area (Å²) in [6.07, 6.45) is 0.